The summed E-state index contributed by atoms with van der Waals surface area (Å²) in [6.07, 6.45) is 18.9. The number of fused-ring (bicyclic) bond motifs is 6. The number of phenolic OH excluding ortho intramolecular Hbond substituents is 1. The molecule has 2 heterocycles. The third kappa shape index (κ3) is 9.17. The summed E-state index contributed by atoms with van der Waals surface area (Å²) in [5, 5.41) is 24.2. The van der Waals surface area contributed by atoms with E-state index in [0.717, 1.165) is 121 Å². The summed E-state index contributed by atoms with van der Waals surface area (Å²) in [6.45, 7) is 24.1. The lowest BCUT2D eigenvalue weighted by Gasteiger charge is -2.64. The van der Waals surface area contributed by atoms with Crippen molar-refractivity contribution in [3.8, 4) is 5.75 Å². The Balaban J connectivity index is 0.677. The van der Waals surface area contributed by atoms with Gasteiger partial charge in [-0.1, -0.05) is 108 Å². The van der Waals surface area contributed by atoms with Crippen molar-refractivity contribution in [3.05, 3.63) is 141 Å². The molecular weight excluding hydrogens is 877 g/mol. The molecule has 71 heavy (non-hydrogen) atoms. The number of aliphatic hydroxyl groups is 1. The second-order valence-electron chi connectivity index (χ2n) is 24.7. The SMILES string of the molecule is CC[C@@](C)(CC[C@]1(C)CC[C@]2(C)C3=CC=C4C(=CC(=O)C(O)=C4C)[C@]3(C)CC[C@@]2(C)C1)C(=O)NCN1CCN(CC2CCN(c3ccc([C@H]4c5ccc(O)cc5CC[C@H]4c4ccccc4)cc3)CC2)CC1. The summed E-state index contributed by atoms with van der Waals surface area (Å²) in [7, 11) is 0. The van der Waals surface area contributed by atoms with Gasteiger partial charge in [0.1, 0.15) is 5.75 Å². The molecule has 4 fully saturated rings. The van der Waals surface area contributed by atoms with Crippen molar-refractivity contribution in [2.45, 2.75) is 137 Å². The minimum absolute atomic E-state index is 0.00930. The molecule has 0 bridgehead atoms. The van der Waals surface area contributed by atoms with Gasteiger partial charge in [0.25, 0.3) is 0 Å². The van der Waals surface area contributed by atoms with Gasteiger partial charge in [-0.25, -0.2) is 0 Å². The molecule has 7 atom stereocenters. The van der Waals surface area contributed by atoms with Gasteiger partial charge in [-0.3, -0.25) is 14.5 Å². The number of carbonyl (C=O) groups excluding carboxylic acids is 2. The number of hydrogen-bond donors (Lipinski definition) is 3. The van der Waals surface area contributed by atoms with Crippen LogP contribution in [0.1, 0.15) is 153 Å². The molecule has 2 aliphatic heterocycles. The molecule has 10 rings (SSSR count). The first-order valence-electron chi connectivity index (χ1n) is 27.5. The predicted molar refractivity (Wildman–Crippen MR) is 288 cm³/mol. The van der Waals surface area contributed by atoms with Crippen LogP contribution >= 0.6 is 0 Å². The first kappa shape index (κ1) is 49.6. The van der Waals surface area contributed by atoms with Gasteiger partial charge >= 0.3 is 0 Å². The Hall–Kier alpha value is -4.92. The Labute approximate surface area is 425 Å². The van der Waals surface area contributed by atoms with E-state index < -0.39 is 5.41 Å². The van der Waals surface area contributed by atoms with Crippen molar-refractivity contribution in [2.24, 2.45) is 33.0 Å². The topological polar surface area (TPSA) is 96.3 Å². The normalized spacial score (nSPS) is 31.3. The third-order valence-electron chi connectivity index (χ3n) is 20.4. The molecular formula is C63H82N4O4. The quantitative estimate of drug-likeness (QED) is 0.166. The van der Waals surface area contributed by atoms with Gasteiger partial charge in [0, 0.05) is 73.8 Å². The number of piperazine rings is 1. The number of amides is 1. The Morgan fingerprint density at radius 3 is 2.25 bits per heavy atom. The van der Waals surface area contributed by atoms with Crippen LogP contribution in [0.2, 0.25) is 0 Å². The van der Waals surface area contributed by atoms with Crippen LogP contribution in [-0.4, -0.2) is 84.2 Å². The molecule has 3 N–H and O–H groups in total. The predicted octanol–water partition coefficient (Wildman–Crippen LogP) is 12.6. The van der Waals surface area contributed by atoms with Crippen LogP contribution in [0.15, 0.2) is 119 Å². The van der Waals surface area contributed by atoms with Crippen molar-refractivity contribution in [1.82, 2.24) is 15.1 Å². The maximum atomic E-state index is 14.1. The number of aliphatic hydroxyl groups excluding tert-OH is 1. The van der Waals surface area contributed by atoms with Crippen LogP contribution in [0.4, 0.5) is 5.69 Å². The number of anilines is 1. The fraction of sp³-hybridized carbons (Fsp3) is 0.556. The van der Waals surface area contributed by atoms with Crippen molar-refractivity contribution in [1.29, 1.82) is 0 Å². The van der Waals surface area contributed by atoms with Crippen molar-refractivity contribution >= 4 is 17.4 Å². The molecule has 2 saturated carbocycles. The molecule has 3 aromatic rings. The van der Waals surface area contributed by atoms with Gasteiger partial charge in [-0.2, -0.15) is 0 Å². The Kier molecular flexibility index (Phi) is 13.4. The second kappa shape index (κ2) is 19.2. The highest BCUT2D eigenvalue weighted by molar-refractivity contribution is 6.06. The molecule has 3 aromatic carbocycles. The maximum Gasteiger partial charge on any atom is 0.226 e. The first-order valence-corrected chi connectivity index (χ1v) is 27.5. The molecule has 0 unspecified atom stereocenters. The summed E-state index contributed by atoms with van der Waals surface area (Å²) in [5.74, 6) is 1.56. The fourth-order valence-electron chi connectivity index (χ4n) is 15.1. The largest absolute Gasteiger partial charge is 0.508 e. The molecule has 378 valence electrons. The lowest BCUT2D eigenvalue weighted by atomic mass is 9.39. The van der Waals surface area contributed by atoms with Gasteiger partial charge in [0.15, 0.2) is 5.76 Å². The summed E-state index contributed by atoms with van der Waals surface area (Å²) in [5.41, 5.74) is 10.6. The van der Waals surface area contributed by atoms with Crippen LogP contribution < -0.4 is 10.2 Å². The molecule has 0 spiro atoms. The van der Waals surface area contributed by atoms with E-state index in [0.29, 0.717) is 29.8 Å². The number of ketones is 1. The molecule has 8 nitrogen and oxygen atoms in total. The summed E-state index contributed by atoms with van der Waals surface area (Å²) >= 11 is 0. The second-order valence-corrected chi connectivity index (χ2v) is 24.7. The molecule has 2 saturated heterocycles. The van der Waals surface area contributed by atoms with Gasteiger partial charge in [-0.15, -0.1) is 0 Å². The zero-order chi connectivity index (χ0) is 49.9. The number of aryl methyl sites for hydroxylation is 1. The average molecular weight is 959 g/mol. The lowest BCUT2D eigenvalue weighted by Crippen LogP contribution is -2.55. The number of piperidine rings is 1. The van der Waals surface area contributed by atoms with E-state index in [4.69, 9.17) is 0 Å². The van der Waals surface area contributed by atoms with Crippen LogP contribution in [0.5, 0.6) is 5.75 Å². The van der Waals surface area contributed by atoms with Gasteiger partial charge in [0.2, 0.25) is 11.7 Å². The lowest BCUT2D eigenvalue weighted by molar-refractivity contribution is -0.132. The van der Waals surface area contributed by atoms with E-state index in [1.54, 1.807) is 6.08 Å². The number of allylic oxidation sites excluding steroid dienone is 7. The standard InChI is InChI=1S/C63H82N4O4/c1-8-60(4,28-26-59(3)27-31-63(7)55-23-22-50-43(2)57(70)54(69)39-53(50)62(55,6)30-29-61(63,5)41-59)58(71)64-42-66-36-34-65(35-37-66)40-44-24-32-67(33-25-44)48-17-14-46(15-18-48)56-51(45-12-10-9-11-13-45)20-16-47-38-49(68)19-21-52(47)56/h9-15,17-19,21-23,38-39,44,51,56,68,70H,8,16,20,24-37,40-42H2,1-7H3,(H,64,71)/t51-,56+,59+,60-,61-,62-,63+/m0/s1. The number of hydrogen-bond acceptors (Lipinski definition) is 7. The highest BCUT2D eigenvalue weighted by Crippen LogP contribution is 2.71. The summed E-state index contributed by atoms with van der Waals surface area (Å²) in [4.78, 5) is 34.6. The monoisotopic (exact) mass is 959 g/mol. The number of nitrogens with one attached hydrogen (secondary N) is 1. The van der Waals surface area contributed by atoms with E-state index in [-0.39, 0.29) is 45.0 Å². The molecule has 5 aliphatic carbocycles. The van der Waals surface area contributed by atoms with Crippen LogP contribution in [0, 0.1) is 33.0 Å². The zero-order valence-electron chi connectivity index (χ0n) is 44.1. The summed E-state index contributed by atoms with van der Waals surface area (Å²) < 4.78 is 0. The van der Waals surface area contributed by atoms with E-state index in [2.05, 4.69) is 134 Å². The van der Waals surface area contributed by atoms with Crippen LogP contribution in [-0.2, 0) is 16.0 Å². The van der Waals surface area contributed by atoms with Crippen LogP contribution in [0.3, 0.4) is 0 Å². The maximum absolute atomic E-state index is 14.1. The molecule has 7 aliphatic rings. The van der Waals surface area contributed by atoms with E-state index in [1.165, 1.54) is 46.4 Å². The number of phenols is 1. The molecule has 0 aromatic heterocycles. The first-order chi connectivity index (χ1) is 33.9. The number of carbonyl (C=O) groups is 2. The minimum atomic E-state index is -0.406. The minimum Gasteiger partial charge on any atom is -0.508 e. The average Bonchev–Trinajstić information content (AvgIpc) is 3.38. The Morgan fingerprint density at radius 2 is 1.54 bits per heavy atom. The zero-order valence-corrected chi connectivity index (χ0v) is 44.1. The smallest absolute Gasteiger partial charge is 0.226 e. The fourth-order valence-corrected chi connectivity index (χ4v) is 15.1. The van der Waals surface area contributed by atoms with Crippen LogP contribution in [0.25, 0.3) is 0 Å². The van der Waals surface area contributed by atoms with E-state index in [9.17, 15) is 19.8 Å². The Bertz CT molecular complexity index is 2630. The summed E-state index contributed by atoms with van der Waals surface area (Å²) in [6, 6.07) is 26.4. The van der Waals surface area contributed by atoms with Gasteiger partial charge in [0.05, 0.1) is 6.67 Å². The van der Waals surface area contributed by atoms with E-state index in [1.807, 2.05) is 19.1 Å². The van der Waals surface area contributed by atoms with E-state index >= 15 is 0 Å². The van der Waals surface area contributed by atoms with Crippen molar-refractivity contribution < 1.29 is 19.8 Å². The molecule has 0 radical (unpaired) electrons. The Morgan fingerprint density at radius 1 is 0.817 bits per heavy atom. The molecule has 1 amide bonds. The number of benzene rings is 3. The third-order valence-corrected chi connectivity index (χ3v) is 20.4. The van der Waals surface area contributed by atoms with Crippen molar-refractivity contribution in [3.63, 3.8) is 0 Å². The van der Waals surface area contributed by atoms with Crippen molar-refractivity contribution in [2.75, 3.05) is 57.4 Å². The highest BCUT2D eigenvalue weighted by atomic mass is 16.3. The number of rotatable bonds is 12. The highest BCUT2D eigenvalue weighted by Gasteiger charge is 2.61. The van der Waals surface area contributed by atoms with Gasteiger partial charge in [-0.05, 0) is 176 Å². The number of nitrogens with zero attached hydrogens (tertiary/aromatic N) is 3. The van der Waals surface area contributed by atoms with Gasteiger partial charge < -0.3 is 25.3 Å². The molecule has 8 heteroatoms. The number of aromatic hydroxyl groups is 1.